The molecule has 0 spiro atoms. The summed E-state index contributed by atoms with van der Waals surface area (Å²) in [4.78, 5) is 49.0. The van der Waals surface area contributed by atoms with E-state index >= 15 is 0 Å². The van der Waals surface area contributed by atoms with E-state index in [1.54, 1.807) is 36.5 Å². The quantitative estimate of drug-likeness (QED) is 0.496. The number of phosphoric ester groups is 1. The summed E-state index contributed by atoms with van der Waals surface area (Å²) < 4.78 is 31.3. The van der Waals surface area contributed by atoms with Gasteiger partial charge in [0.05, 0.1) is 25.4 Å². The highest BCUT2D eigenvalue weighted by atomic mass is 31.2. The van der Waals surface area contributed by atoms with Crippen LogP contribution >= 0.6 is 7.82 Å². The SMILES string of the molecule is O=C1OC(COP(=O)(O)O)CN1c1ccc(-c2ccc3c(c2)OC[C@H]2[C@H](CO)OC(=O)N32)cn1. The molecule has 2 fully saturated rings. The first-order valence-corrected chi connectivity index (χ1v) is 11.8. The second kappa shape index (κ2) is 8.53. The predicted molar refractivity (Wildman–Crippen MR) is 114 cm³/mol. The zero-order valence-electron chi connectivity index (χ0n) is 17.5. The van der Waals surface area contributed by atoms with E-state index in [1.165, 1.54) is 9.80 Å². The minimum atomic E-state index is -4.67. The molecule has 0 saturated carbocycles. The number of carbonyl (C=O) groups is 2. The molecule has 2 amide bonds. The second-order valence-electron chi connectivity index (χ2n) is 7.84. The molecule has 14 heteroatoms. The van der Waals surface area contributed by atoms with Gasteiger partial charge in [0.1, 0.15) is 30.3 Å². The average Bonchev–Trinajstić information content (AvgIpc) is 3.36. The van der Waals surface area contributed by atoms with Gasteiger partial charge in [-0.2, -0.15) is 0 Å². The minimum Gasteiger partial charge on any atom is -0.489 e. The number of hydrogen-bond acceptors (Lipinski definition) is 9. The standard InChI is InChI=1S/C20H20N3O10P/c24-8-17-15-10-30-16-5-11(1-3-14(16)23(15)20(26)33-17)12-2-4-18(21-6-12)22-7-13(32-19(22)25)9-31-34(27,28)29/h1-6,13,15,17,24H,7-10H2,(H2,27,28,29)/t13?,15-,17-/m0/s1. The smallest absolute Gasteiger partial charge is 0.469 e. The van der Waals surface area contributed by atoms with Crippen LogP contribution in [0.25, 0.3) is 11.1 Å². The molecule has 5 rings (SSSR count). The molecule has 1 aromatic carbocycles. The summed E-state index contributed by atoms with van der Waals surface area (Å²) in [6.07, 6.45) is -1.16. The Kier molecular flexibility index (Phi) is 5.66. The number of fused-ring (bicyclic) bond motifs is 3. The molecule has 13 nitrogen and oxygen atoms in total. The maximum atomic E-state index is 12.2. The third-order valence-electron chi connectivity index (χ3n) is 5.68. The maximum Gasteiger partial charge on any atom is 0.469 e. The Bertz CT molecular complexity index is 1170. The van der Waals surface area contributed by atoms with Crippen molar-refractivity contribution in [1.82, 2.24) is 4.98 Å². The van der Waals surface area contributed by atoms with E-state index < -0.39 is 44.9 Å². The molecule has 3 N–H and O–H groups in total. The van der Waals surface area contributed by atoms with Crippen LogP contribution in [0.4, 0.5) is 21.1 Å². The summed E-state index contributed by atoms with van der Waals surface area (Å²) in [5.74, 6) is 0.795. The second-order valence-corrected chi connectivity index (χ2v) is 9.08. The summed E-state index contributed by atoms with van der Waals surface area (Å²) in [6, 6.07) is 8.25. The van der Waals surface area contributed by atoms with Crippen LogP contribution in [0.5, 0.6) is 5.75 Å². The molecule has 3 aliphatic heterocycles. The van der Waals surface area contributed by atoms with Gasteiger partial charge in [-0.1, -0.05) is 6.07 Å². The lowest BCUT2D eigenvalue weighted by Crippen LogP contribution is -2.45. The lowest BCUT2D eigenvalue weighted by molar-refractivity contribution is 0.0734. The van der Waals surface area contributed by atoms with Crippen molar-refractivity contribution in [3.05, 3.63) is 36.5 Å². The lowest BCUT2D eigenvalue weighted by atomic mass is 10.0. The molecule has 2 aromatic rings. The van der Waals surface area contributed by atoms with E-state index in [0.717, 1.165) is 11.1 Å². The molecule has 180 valence electrons. The van der Waals surface area contributed by atoms with Crippen molar-refractivity contribution in [3.8, 4) is 16.9 Å². The molecule has 0 radical (unpaired) electrons. The molecule has 34 heavy (non-hydrogen) atoms. The van der Waals surface area contributed by atoms with Crippen LogP contribution < -0.4 is 14.5 Å². The van der Waals surface area contributed by atoms with Gasteiger partial charge in [0.2, 0.25) is 0 Å². The molecule has 1 unspecified atom stereocenters. The third kappa shape index (κ3) is 4.19. The molecular formula is C20H20N3O10P. The molecule has 4 heterocycles. The van der Waals surface area contributed by atoms with Crippen LogP contribution in [0.1, 0.15) is 0 Å². The largest absolute Gasteiger partial charge is 0.489 e. The number of anilines is 2. The van der Waals surface area contributed by atoms with Crippen molar-refractivity contribution >= 4 is 31.5 Å². The Morgan fingerprint density at radius 2 is 1.91 bits per heavy atom. The molecule has 3 aliphatic rings. The van der Waals surface area contributed by atoms with Gasteiger partial charge in [0.25, 0.3) is 0 Å². The normalized spacial score (nSPS) is 23.8. The number of aliphatic hydroxyl groups excluding tert-OH is 1. The van der Waals surface area contributed by atoms with Crippen molar-refractivity contribution < 1.29 is 47.8 Å². The Morgan fingerprint density at radius 1 is 1.12 bits per heavy atom. The fourth-order valence-electron chi connectivity index (χ4n) is 4.06. The number of nitrogens with zero attached hydrogens (tertiary/aromatic N) is 3. The summed E-state index contributed by atoms with van der Waals surface area (Å²) in [5, 5.41) is 9.42. The highest BCUT2D eigenvalue weighted by molar-refractivity contribution is 7.46. The van der Waals surface area contributed by atoms with E-state index in [4.69, 9.17) is 24.0 Å². The predicted octanol–water partition coefficient (Wildman–Crippen LogP) is 1.26. The first kappa shape index (κ1) is 22.6. The number of rotatable bonds is 6. The fourth-order valence-corrected chi connectivity index (χ4v) is 4.42. The average molecular weight is 493 g/mol. The van der Waals surface area contributed by atoms with Crippen LogP contribution in [0.15, 0.2) is 36.5 Å². The lowest BCUT2D eigenvalue weighted by Gasteiger charge is -2.31. The van der Waals surface area contributed by atoms with Gasteiger partial charge in [-0.15, -0.1) is 0 Å². The van der Waals surface area contributed by atoms with Crippen LogP contribution in [-0.2, 0) is 18.6 Å². The number of aromatic nitrogens is 1. The molecule has 2 saturated heterocycles. The van der Waals surface area contributed by atoms with Gasteiger partial charge in [-0.3, -0.25) is 14.3 Å². The van der Waals surface area contributed by atoms with E-state index in [-0.39, 0.29) is 19.8 Å². The summed E-state index contributed by atoms with van der Waals surface area (Å²) in [7, 11) is -4.67. The van der Waals surface area contributed by atoms with Gasteiger partial charge in [0, 0.05) is 11.8 Å². The number of aliphatic hydroxyl groups is 1. The number of phosphoric acid groups is 1. The van der Waals surface area contributed by atoms with Gasteiger partial charge >= 0.3 is 20.0 Å². The highest BCUT2D eigenvalue weighted by Crippen LogP contribution is 2.41. The van der Waals surface area contributed by atoms with E-state index in [9.17, 15) is 19.3 Å². The van der Waals surface area contributed by atoms with E-state index in [0.29, 0.717) is 17.3 Å². The molecular weight excluding hydrogens is 473 g/mol. The monoisotopic (exact) mass is 493 g/mol. The number of ether oxygens (including phenoxy) is 3. The summed E-state index contributed by atoms with van der Waals surface area (Å²) in [6.45, 7) is -0.512. The number of benzene rings is 1. The van der Waals surface area contributed by atoms with E-state index in [2.05, 4.69) is 9.51 Å². The van der Waals surface area contributed by atoms with Crippen molar-refractivity contribution in [2.75, 3.05) is 36.2 Å². The number of amides is 2. The van der Waals surface area contributed by atoms with Crippen LogP contribution in [-0.4, -0.2) is 76.7 Å². The molecule has 0 aliphatic carbocycles. The zero-order chi connectivity index (χ0) is 24.0. The van der Waals surface area contributed by atoms with Crippen LogP contribution in [0.3, 0.4) is 0 Å². The van der Waals surface area contributed by atoms with Gasteiger partial charge in [-0.25, -0.2) is 19.1 Å². The first-order chi connectivity index (χ1) is 16.2. The van der Waals surface area contributed by atoms with Gasteiger partial charge < -0.3 is 29.1 Å². The van der Waals surface area contributed by atoms with Crippen molar-refractivity contribution in [2.45, 2.75) is 18.2 Å². The van der Waals surface area contributed by atoms with Crippen LogP contribution in [0.2, 0.25) is 0 Å². The maximum absolute atomic E-state index is 12.2. The van der Waals surface area contributed by atoms with Crippen molar-refractivity contribution in [2.24, 2.45) is 0 Å². The molecule has 3 atom stereocenters. The summed E-state index contributed by atoms with van der Waals surface area (Å²) in [5.41, 5.74) is 2.04. The topological polar surface area (TPSA) is 168 Å². The fraction of sp³-hybridized carbons (Fsp3) is 0.350. The Hall–Kier alpha value is -3.22. The van der Waals surface area contributed by atoms with Gasteiger partial charge in [-0.05, 0) is 29.8 Å². The highest BCUT2D eigenvalue weighted by Gasteiger charge is 2.46. The minimum absolute atomic E-state index is 0.0276. The Morgan fingerprint density at radius 3 is 2.62 bits per heavy atom. The Labute approximate surface area is 192 Å². The van der Waals surface area contributed by atoms with Crippen molar-refractivity contribution in [1.29, 1.82) is 0 Å². The number of cyclic esters (lactones) is 2. The van der Waals surface area contributed by atoms with E-state index in [1.807, 2.05) is 0 Å². The van der Waals surface area contributed by atoms with Crippen LogP contribution in [0, 0.1) is 0 Å². The Balaban J connectivity index is 1.31. The van der Waals surface area contributed by atoms with Crippen molar-refractivity contribution in [3.63, 3.8) is 0 Å². The number of pyridine rings is 1. The van der Waals surface area contributed by atoms with Gasteiger partial charge in [0.15, 0.2) is 6.10 Å². The third-order valence-corrected chi connectivity index (χ3v) is 6.16. The molecule has 1 aromatic heterocycles. The number of hydrogen-bond donors (Lipinski definition) is 3. The summed E-state index contributed by atoms with van der Waals surface area (Å²) >= 11 is 0. The first-order valence-electron chi connectivity index (χ1n) is 10.3. The number of carbonyl (C=O) groups excluding carboxylic acids is 2. The molecule has 0 bridgehead atoms. The zero-order valence-corrected chi connectivity index (χ0v) is 18.4.